The zero-order chi connectivity index (χ0) is 33.4. The van der Waals surface area contributed by atoms with Gasteiger partial charge in [0.1, 0.15) is 11.2 Å². The lowest BCUT2D eigenvalue weighted by molar-refractivity contribution is 0.666. The number of furan rings is 1. The molecular weight excluding hydrogens is 611 g/mol. The lowest BCUT2D eigenvalue weighted by Gasteiger charge is -2.23. The maximum Gasteiger partial charge on any atom is 0.160 e. The van der Waals surface area contributed by atoms with Gasteiger partial charge in [0.2, 0.25) is 0 Å². The Morgan fingerprint density at radius 1 is 0.500 bits per heavy atom. The summed E-state index contributed by atoms with van der Waals surface area (Å²) in [6.45, 7) is 4.66. The van der Waals surface area contributed by atoms with Crippen molar-refractivity contribution < 1.29 is 4.42 Å². The van der Waals surface area contributed by atoms with Crippen LogP contribution in [0, 0.1) is 0 Å². The summed E-state index contributed by atoms with van der Waals surface area (Å²) >= 11 is 0. The van der Waals surface area contributed by atoms with Crippen molar-refractivity contribution in [2.45, 2.75) is 19.3 Å². The summed E-state index contributed by atoms with van der Waals surface area (Å²) < 4.78 is 6.24. The topological polar surface area (TPSA) is 51.8 Å². The first-order valence-electron chi connectivity index (χ1n) is 17.0. The highest BCUT2D eigenvalue weighted by molar-refractivity contribution is 6.12. The van der Waals surface area contributed by atoms with Crippen molar-refractivity contribution in [3.63, 3.8) is 0 Å². The molecule has 50 heavy (non-hydrogen) atoms. The van der Waals surface area contributed by atoms with Gasteiger partial charge in [-0.25, -0.2) is 15.0 Å². The van der Waals surface area contributed by atoms with Crippen LogP contribution in [0.3, 0.4) is 0 Å². The first kappa shape index (κ1) is 28.6. The molecule has 6 aromatic carbocycles. The number of hydrogen-bond donors (Lipinski definition) is 0. The summed E-state index contributed by atoms with van der Waals surface area (Å²) in [6.07, 6.45) is 0. The van der Waals surface area contributed by atoms with E-state index in [1.165, 1.54) is 27.6 Å². The zero-order valence-corrected chi connectivity index (χ0v) is 27.7. The maximum absolute atomic E-state index is 6.24. The molecule has 1 aliphatic rings. The normalized spacial score (nSPS) is 13.2. The fourth-order valence-corrected chi connectivity index (χ4v) is 7.95. The molecule has 0 atom stereocenters. The van der Waals surface area contributed by atoms with Crippen LogP contribution in [0.5, 0.6) is 0 Å². The van der Waals surface area contributed by atoms with Gasteiger partial charge in [-0.3, -0.25) is 0 Å². The highest BCUT2D eigenvalue weighted by Gasteiger charge is 2.39. The summed E-state index contributed by atoms with van der Waals surface area (Å²) in [4.78, 5) is 15.6. The zero-order valence-electron chi connectivity index (χ0n) is 27.7. The predicted molar refractivity (Wildman–Crippen MR) is 204 cm³/mol. The number of pyridine rings is 1. The maximum atomic E-state index is 6.24. The van der Waals surface area contributed by atoms with Crippen molar-refractivity contribution in [2.75, 3.05) is 0 Å². The summed E-state index contributed by atoms with van der Waals surface area (Å²) in [7, 11) is 0. The molecule has 4 heteroatoms. The van der Waals surface area contributed by atoms with Crippen LogP contribution in [-0.2, 0) is 5.41 Å². The molecule has 0 radical (unpaired) electrons. The van der Waals surface area contributed by atoms with E-state index in [2.05, 4.69) is 123 Å². The lowest BCUT2D eigenvalue weighted by atomic mass is 9.80. The molecule has 9 aromatic rings. The van der Waals surface area contributed by atoms with Crippen LogP contribution in [0.1, 0.15) is 25.0 Å². The van der Waals surface area contributed by atoms with Gasteiger partial charge >= 0.3 is 0 Å². The van der Waals surface area contributed by atoms with Gasteiger partial charge in [-0.2, -0.15) is 0 Å². The summed E-state index contributed by atoms with van der Waals surface area (Å²) in [5.41, 5.74) is 14.5. The van der Waals surface area contributed by atoms with Gasteiger partial charge in [-0.05, 0) is 41.0 Å². The van der Waals surface area contributed by atoms with Gasteiger partial charge in [-0.1, -0.05) is 141 Å². The first-order chi connectivity index (χ1) is 24.5. The SMILES string of the molecule is CC1(C)c2ccccc2-c2c(-c3ccc(-c4nc(-c5ccccc5)cc(-c5cccc6oc7ccccc7c56)n4)cc3)nc3ccccc3c21. The van der Waals surface area contributed by atoms with Crippen LogP contribution in [0.15, 0.2) is 156 Å². The minimum absolute atomic E-state index is 0.144. The number of nitrogens with zero attached hydrogens (tertiary/aromatic N) is 3. The smallest absolute Gasteiger partial charge is 0.160 e. The molecule has 0 fully saturated rings. The van der Waals surface area contributed by atoms with Gasteiger partial charge in [0.05, 0.1) is 22.6 Å². The van der Waals surface area contributed by atoms with Gasteiger partial charge in [0.15, 0.2) is 5.82 Å². The minimum Gasteiger partial charge on any atom is -0.456 e. The Balaban J connectivity index is 1.15. The second-order valence-corrected chi connectivity index (χ2v) is 13.6. The molecule has 0 saturated heterocycles. The molecule has 0 amide bonds. The molecule has 4 nitrogen and oxygen atoms in total. The van der Waals surface area contributed by atoms with E-state index in [4.69, 9.17) is 19.4 Å². The standard InChI is InChI=1S/C46H31N3O/c1-46(2)35-19-9-6-15-31(35)42-43(46)33-16-7-10-20-36(33)47-44(42)29-23-25-30(26-24-29)45-48-37(28-13-4-3-5-14-28)27-38(49-45)32-18-12-22-40-41(32)34-17-8-11-21-39(34)50-40/h3-27H,1-2H3. The predicted octanol–water partition coefficient (Wildman–Crippen LogP) is 11.9. The largest absolute Gasteiger partial charge is 0.456 e. The Morgan fingerprint density at radius 3 is 2.02 bits per heavy atom. The molecule has 0 bridgehead atoms. The summed E-state index contributed by atoms with van der Waals surface area (Å²) in [5.74, 6) is 0.667. The molecule has 0 unspecified atom stereocenters. The van der Waals surface area contributed by atoms with Crippen LogP contribution in [0.4, 0.5) is 0 Å². The van der Waals surface area contributed by atoms with Crippen LogP contribution < -0.4 is 0 Å². The van der Waals surface area contributed by atoms with Gasteiger partial charge in [0, 0.05) is 49.4 Å². The highest BCUT2D eigenvalue weighted by Crippen LogP contribution is 2.54. The second kappa shape index (κ2) is 10.8. The number of fused-ring (bicyclic) bond motifs is 8. The fourth-order valence-electron chi connectivity index (χ4n) is 7.95. The molecule has 3 aromatic heterocycles. The van der Waals surface area contributed by atoms with E-state index in [9.17, 15) is 0 Å². The molecule has 3 heterocycles. The third-order valence-electron chi connectivity index (χ3n) is 10.3. The monoisotopic (exact) mass is 641 g/mol. The van der Waals surface area contributed by atoms with Crippen molar-refractivity contribution in [3.8, 4) is 56.3 Å². The van der Waals surface area contributed by atoms with E-state index < -0.39 is 0 Å². The second-order valence-electron chi connectivity index (χ2n) is 13.6. The quantitative estimate of drug-likeness (QED) is 0.192. The van der Waals surface area contributed by atoms with E-state index >= 15 is 0 Å². The number of benzene rings is 6. The molecule has 0 aliphatic heterocycles. The van der Waals surface area contributed by atoms with Gasteiger partial charge in [0.25, 0.3) is 0 Å². The van der Waals surface area contributed by atoms with Crippen molar-refractivity contribution >= 4 is 32.8 Å². The molecule has 0 saturated carbocycles. The molecular formula is C46H31N3O. The Kier molecular flexibility index (Phi) is 6.19. The molecule has 0 spiro atoms. The number of hydrogen-bond acceptors (Lipinski definition) is 4. The minimum atomic E-state index is -0.144. The number of para-hydroxylation sites is 2. The molecule has 236 valence electrons. The average molecular weight is 642 g/mol. The Morgan fingerprint density at radius 2 is 1.16 bits per heavy atom. The first-order valence-corrected chi connectivity index (χ1v) is 17.0. The van der Waals surface area contributed by atoms with Crippen molar-refractivity contribution in [2.24, 2.45) is 0 Å². The number of rotatable bonds is 4. The Hall–Kier alpha value is -6.39. The molecule has 10 rings (SSSR count). The highest BCUT2D eigenvalue weighted by atomic mass is 16.3. The van der Waals surface area contributed by atoms with E-state index in [0.29, 0.717) is 5.82 Å². The van der Waals surface area contributed by atoms with Crippen LogP contribution in [0.25, 0.3) is 89.1 Å². The van der Waals surface area contributed by atoms with E-state index in [0.717, 1.165) is 66.8 Å². The van der Waals surface area contributed by atoms with Gasteiger partial charge < -0.3 is 4.42 Å². The Bertz CT molecular complexity index is 2780. The molecule has 0 N–H and O–H groups in total. The third-order valence-corrected chi connectivity index (χ3v) is 10.3. The van der Waals surface area contributed by atoms with Crippen LogP contribution in [-0.4, -0.2) is 15.0 Å². The van der Waals surface area contributed by atoms with Crippen molar-refractivity contribution in [1.29, 1.82) is 0 Å². The van der Waals surface area contributed by atoms with Crippen LogP contribution in [0.2, 0.25) is 0 Å². The average Bonchev–Trinajstić information content (AvgIpc) is 3.67. The number of aromatic nitrogens is 3. The van der Waals surface area contributed by atoms with E-state index in [1.54, 1.807) is 0 Å². The Labute approximate surface area is 289 Å². The van der Waals surface area contributed by atoms with Crippen molar-refractivity contribution in [1.82, 2.24) is 15.0 Å². The van der Waals surface area contributed by atoms with Gasteiger partial charge in [-0.15, -0.1) is 0 Å². The van der Waals surface area contributed by atoms with Crippen LogP contribution >= 0.6 is 0 Å². The lowest BCUT2D eigenvalue weighted by Crippen LogP contribution is -2.15. The molecule has 1 aliphatic carbocycles. The third kappa shape index (κ3) is 4.28. The fraction of sp³-hybridized carbons (Fsp3) is 0.0652. The van der Waals surface area contributed by atoms with Crippen molar-refractivity contribution in [3.05, 3.63) is 163 Å². The van der Waals surface area contributed by atoms with E-state index in [-0.39, 0.29) is 5.41 Å². The summed E-state index contributed by atoms with van der Waals surface area (Å²) in [6, 6.07) is 52.7. The van der Waals surface area contributed by atoms with E-state index in [1.807, 2.05) is 42.5 Å². The summed E-state index contributed by atoms with van der Waals surface area (Å²) in [5, 5.41) is 3.34.